The van der Waals surface area contributed by atoms with E-state index in [0.29, 0.717) is 23.8 Å². The molecule has 1 aliphatic carbocycles. The highest BCUT2D eigenvalue weighted by molar-refractivity contribution is 5.92. The lowest BCUT2D eigenvalue weighted by Gasteiger charge is -2.35. The van der Waals surface area contributed by atoms with Crippen molar-refractivity contribution in [3.8, 4) is 11.8 Å². The summed E-state index contributed by atoms with van der Waals surface area (Å²) < 4.78 is 49.1. The summed E-state index contributed by atoms with van der Waals surface area (Å²) in [6, 6.07) is 15.3. The fourth-order valence-corrected chi connectivity index (χ4v) is 4.74. The zero-order valence-electron chi connectivity index (χ0n) is 18.2. The summed E-state index contributed by atoms with van der Waals surface area (Å²) >= 11 is 0. The molecule has 0 spiro atoms. The summed E-state index contributed by atoms with van der Waals surface area (Å²) in [6.07, 6.45) is -0.0227. The van der Waals surface area contributed by atoms with Crippen molar-refractivity contribution in [3.05, 3.63) is 77.1 Å². The van der Waals surface area contributed by atoms with E-state index in [1.165, 1.54) is 36.4 Å². The van der Waals surface area contributed by atoms with Crippen molar-refractivity contribution < 1.29 is 22.7 Å². The van der Waals surface area contributed by atoms with Crippen LogP contribution in [0.5, 0.6) is 5.75 Å². The molecule has 0 N–H and O–H groups in total. The second kappa shape index (κ2) is 9.66. The third-order valence-corrected chi connectivity index (χ3v) is 6.38. The van der Waals surface area contributed by atoms with E-state index >= 15 is 0 Å². The molecule has 2 unspecified atom stereocenters. The van der Waals surface area contributed by atoms with Gasteiger partial charge < -0.3 is 4.74 Å². The van der Waals surface area contributed by atoms with Crippen molar-refractivity contribution >= 4 is 16.7 Å². The predicted molar refractivity (Wildman–Crippen MR) is 120 cm³/mol. The molecule has 1 aliphatic rings. The number of esters is 1. The average Bonchev–Trinajstić information content (AvgIpc) is 2.79. The van der Waals surface area contributed by atoms with Crippen molar-refractivity contribution in [2.75, 3.05) is 0 Å². The maximum absolute atomic E-state index is 14.7. The Bertz CT molecular complexity index is 1190. The van der Waals surface area contributed by atoms with Crippen molar-refractivity contribution in [2.45, 2.75) is 50.9 Å². The summed E-state index contributed by atoms with van der Waals surface area (Å²) in [5, 5.41) is 9.69. The number of nitrogens with zero attached hydrogens (tertiary/aromatic N) is 1. The fraction of sp³-hybridized carbons (Fsp3) is 0.333. The Hall–Kier alpha value is -3.33. The average molecular weight is 451 g/mol. The molecule has 0 aromatic heterocycles. The van der Waals surface area contributed by atoms with Gasteiger partial charge in [-0.15, -0.1) is 0 Å². The van der Waals surface area contributed by atoms with Crippen molar-refractivity contribution in [2.24, 2.45) is 5.92 Å². The largest absolute Gasteiger partial charge is 0.423 e. The summed E-state index contributed by atoms with van der Waals surface area (Å²) in [6.45, 7) is 2.02. The number of fused-ring (bicyclic) bond motifs is 1. The highest BCUT2D eigenvalue weighted by Crippen LogP contribution is 2.41. The van der Waals surface area contributed by atoms with E-state index in [0.717, 1.165) is 12.8 Å². The first-order chi connectivity index (χ1) is 15.9. The zero-order valence-corrected chi connectivity index (χ0v) is 18.2. The molecule has 3 nitrogen and oxygen atoms in total. The van der Waals surface area contributed by atoms with Crippen LogP contribution in [0, 0.1) is 23.1 Å². The molecule has 0 radical (unpaired) electrons. The van der Waals surface area contributed by atoms with E-state index in [1.54, 1.807) is 24.3 Å². The first kappa shape index (κ1) is 22.8. The minimum absolute atomic E-state index is 0.0581. The normalized spacial score (nSPS) is 22.6. The van der Waals surface area contributed by atoms with Crippen LogP contribution in [0.25, 0.3) is 10.8 Å². The van der Waals surface area contributed by atoms with Gasteiger partial charge >= 0.3 is 5.97 Å². The molecule has 170 valence electrons. The molecule has 0 bridgehead atoms. The standard InChI is InChI=1S/C27H24F3NO2/c1-2-3-16-12-23(28)25(24(29)13-16)17-4-6-18(7-5-17)27(32)33-21-10-11-22-19(14-21)8-9-20(15-31)26(22)30/h4-11,14,16,23-25H,2-3,12-13H2,1H3. The van der Waals surface area contributed by atoms with Crippen LogP contribution in [0.3, 0.4) is 0 Å². The Morgan fingerprint density at radius 3 is 2.39 bits per heavy atom. The molecule has 3 aromatic carbocycles. The highest BCUT2D eigenvalue weighted by atomic mass is 19.1. The van der Waals surface area contributed by atoms with Crippen LogP contribution >= 0.6 is 0 Å². The third kappa shape index (κ3) is 4.73. The Morgan fingerprint density at radius 1 is 1.06 bits per heavy atom. The van der Waals surface area contributed by atoms with Crippen LogP contribution in [0.4, 0.5) is 13.2 Å². The van der Waals surface area contributed by atoms with E-state index in [9.17, 15) is 18.0 Å². The van der Waals surface area contributed by atoms with Gasteiger partial charge in [0.05, 0.1) is 11.1 Å². The van der Waals surface area contributed by atoms with E-state index in [-0.39, 0.29) is 28.2 Å². The number of hydrogen-bond acceptors (Lipinski definition) is 3. The summed E-state index contributed by atoms with van der Waals surface area (Å²) in [5.74, 6) is -1.77. The van der Waals surface area contributed by atoms with Crippen molar-refractivity contribution in [1.82, 2.24) is 0 Å². The number of carbonyl (C=O) groups excluding carboxylic acids is 1. The van der Waals surface area contributed by atoms with E-state index in [1.807, 2.05) is 6.92 Å². The van der Waals surface area contributed by atoms with Gasteiger partial charge in [-0.05, 0) is 66.1 Å². The molecule has 33 heavy (non-hydrogen) atoms. The number of alkyl halides is 2. The zero-order chi connectivity index (χ0) is 23.5. The maximum Gasteiger partial charge on any atom is 0.343 e. The smallest absolute Gasteiger partial charge is 0.343 e. The van der Waals surface area contributed by atoms with Gasteiger partial charge in [-0.3, -0.25) is 0 Å². The topological polar surface area (TPSA) is 50.1 Å². The van der Waals surface area contributed by atoms with Crippen LogP contribution in [-0.4, -0.2) is 18.3 Å². The molecule has 0 amide bonds. The maximum atomic E-state index is 14.7. The van der Waals surface area contributed by atoms with E-state index in [4.69, 9.17) is 10.00 Å². The van der Waals surface area contributed by atoms with Gasteiger partial charge in [-0.25, -0.2) is 18.0 Å². The fourth-order valence-electron chi connectivity index (χ4n) is 4.74. The molecule has 6 heteroatoms. The second-order valence-corrected chi connectivity index (χ2v) is 8.62. The summed E-state index contributed by atoms with van der Waals surface area (Å²) in [5.41, 5.74) is 0.725. The van der Waals surface area contributed by atoms with Crippen LogP contribution < -0.4 is 4.74 Å². The first-order valence-electron chi connectivity index (χ1n) is 11.1. The quantitative estimate of drug-likeness (QED) is 0.309. The molecular weight excluding hydrogens is 427 g/mol. The SMILES string of the molecule is CCCC1CC(F)C(c2ccc(C(=O)Oc3ccc4c(F)c(C#N)ccc4c3)cc2)C(F)C1. The number of rotatable bonds is 5. The summed E-state index contributed by atoms with van der Waals surface area (Å²) in [4.78, 5) is 12.6. The molecule has 4 rings (SSSR count). The molecule has 0 saturated heterocycles. The number of benzene rings is 3. The van der Waals surface area contributed by atoms with Gasteiger partial charge in [0, 0.05) is 11.3 Å². The van der Waals surface area contributed by atoms with Crippen LogP contribution in [0.15, 0.2) is 54.6 Å². The third-order valence-electron chi connectivity index (χ3n) is 6.38. The lowest BCUT2D eigenvalue weighted by atomic mass is 9.74. The Kier molecular flexibility index (Phi) is 6.69. The molecule has 0 heterocycles. The van der Waals surface area contributed by atoms with Gasteiger partial charge in [0.25, 0.3) is 0 Å². The Morgan fingerprint density at radius 2 is 1.76 bits per heavy atom. The Labute approximate surface area is 190 Å². The minimum atomic E-state index is -1.25. The number of carbonyl (C=O) groups is 1. The Balaban J connectivity index is 1.47. The van der Waals surface area contributed by atoms with Crippen molar-refractivity contribution in [3.63, 3.8) is 0 Å². The van der Waals surface area contributed by atoms with Crippen LogP contribution in [0.2, 0.25) is 0 Å². The summed E-state index contributed by atoms with van der Waals surface area (Å²) in [7, 11) is 0. The van der Waals surface area contributed by atoms with Crippen LogP contribution in [0.1, 0.15) is 60.0 Å². The molecule has 3 aromatic rings. The lowest BCUT2D eigenvalue weighted by Crippen LogP contribution is -2.33. The second-order valence-electron chi connectivity index (χ2n) is 8.62. The number of nitriles is 1. The van der Waals surface area contributed by atoms with Gasteiger partial charge in [0.1, 0.15) is 30.0 Å². The monoisotopic (exact) mass is 451 g/mol. The van der Waals surface area contributed by atoms with Gasteiger partial charge in [-0.1, -0.05) is 38.0 Å². The molecule has 2 atom stereocenters. The van der Waals surface area contributed by atoms with Gasteiger partial charge in [-0.2, -0.15) is 5.26 Å². The molecule has 0 aliphatic heterocycles. The molecular formula is C27H24F3NO2. The number of hydrogen-bond donors (Lipinski definition) is 0. The molecule has 1 fully saturated rings. The highest BCUT2D eigenvalue weighted by Gasteiger charge is 2.39. The van der Waals surface area contributed by atoms with Gasteiger partial charge in [0.15, 0.2) is 0 Å². The van der Waals surface area contributed by atoms with E-state index in [2.05, 4.69) is 0 Å². The molecule has 1 saturated carbocycles. The minimum Gasteiger partial charge on any atom is -0.423 e. The predicted octanol–water partition coefficient (Wildman–Crippen LogP) is 7.04. The first-order valence-corrected chi connectivity index (χ1v) is 11.1. The lowest BCUT2D eigenvalue weighted by molar-refractivity contribution is 0.0735. The van der Waals surface area contributed by atoms with E-state index < -0.39 is 30.0 Å². The van der Waals surface area contributed by atoms with Gasteiger partial charge in [0.2, 0.25) is 0 Å². The van der Waals surface area contributed by atoms with Crippen molar-refractivity contribution in [1.29, 1.82) is 5.26 Å². The van der Waals surface area contributed by atoms with Crippen LogP contribution in [-0.2, 0) is 0 Å². The number of halogens is 3. The number of ether oxygens (including phenoxy) is 1.